The van der Waals surface area contributed by atoms with Gasteiger partial charge in [-0.05, 0) is 41.0 Å². The second-order valence-corrected chi connectivity index (χ2v) is 8.89. The molecule has 2 atom stereocenters. The predicted molar refractivity (Wildman–Crippen MR) is 131 cm³/mol. The Kier molecular flexibility index (Phi) is 8.66. The normalized spacial score (nSPS) is 16.4. The van der Waals surface area contributed by atoms with Crippen molar-refractivity contribution in [3.8, 4) is 0 Å². The van der Waals surface area contributed by atoms with Crippen molar-refractivity contribution in [1.82, 2.24) is 4.90 Å². The number of benzene rings is 3. The van der Waals surface area contributed by atoms with Crippen LogP contribution >= 0.6 is 11.6 Å². The zero-order valence-electron chi connectivity index (χ0n) is 18.8. The molecule has 1 aliphatic heterocycles. The number of hydrogen-bond acceptors (Lipinski definition) is 5. The van der Waals surface area contributed by atoms with Crippen LogP contribution in [0.1, 0.15) is 23.1 Å². The first-order chi connectivity index (χ1) is 16.5. The van der Waals surface area contributed by atoms with E-state index in [2.05, 4.69) is 10.1 Å². The third-order valence-electron chi connectivity index (χ3n) is 5.56. The quantitative estimate of drug-likeness (QED) is 0.415. The van der Waals surface area contributed by atoms with Gasteiger partial charge >= 0.3 is 0 Å². The van der Waals surface area contributed by atoms with Crippen LogP contribution in [0.3, 0.4) is 0 Å². The summed E-state index contributed by atoms with van der Waals surface area (Å²) in [5, 5.41) is 15.6. The molecule has 0 aliphatic carbocycles. The summed E-state index contributed by atoms with van der Waals surface area (Å²) in [6.45, 7) is 2.01. The van der Waals surface area contributed by atoms with Crippen molar-refractivity contribution in [2.45, 2.75) is 31.8 Å². The van der Waals surface area contributed by atoms with Crippen LogP contribution in [0.5, 0.6) is 0 Å². The van der Waals surface area contributed by atoms with Gasteiger partial charge in [-0.3, -0.25) is 4.90 Å². The summed E-state index contributed by atoms with van der Waals surface area (Å²) in [4.78, 5) is 7.74. The Morgan fingerprint density at radius 1 is 1.06 bits per heavy atom. The minimum Gasteiger partial charge on any atom is -0.390 e. The van der Waals surface area contributed by atoms with E-state index in [9.17, 15) is 9.50 Å². The number of halogens is 2. The Hall–Kier alpha value is -2.77. The number of oxime groups is 1. The largest absolute Gasteiger partial charge is 0.390 e. The van der Waals surface area contributed by atoms with Crippen LogP contribution in [0.15, 0.2) is 84.0 Å². The van der Waals surface area contributed by atoms with Crippen LogP contribution in [0, 0.1) is 5.82 Å². The molecule has 0 bridgehead atoms. The number of rotatable bonds is 11. The molecule has 34 heavy (non-hydrogen) atoms. The number of hydrogen-bond donors (Lipinski definition) is 1. The van der Waals surface area contributed by atoms with Crippen molar-refractivity contribution < 1.29 is 19.1 Å². The lowest BCUT2D eigenvalue weighted by molar-refractivity contribution is -0.00650. The molecule has 0 fully saturated rings. The second-order valence-electron chi connectivity index (χ2n) is 8.45. The van der Waals surface area contributed by atoms with Crippen molar-refractivity contribution in [3.05, 3.63) is 106 Å². The Labute approximate surface area is 204 Å². The Morgan fingerprint density at radius 3 is 2.59 bits per heavy atom. The van der Waals surface area contributed by atoms with Crippen molar-refractivity contribution in [2.75, 3.05) is 19.7 Å². The Morgan fingerprint density at radius 2 is 1.82 bits per heavy atom. The van der Waals surface area contributed by atoms with Crippen LogP contribution in [-0.2, 0) is 22.7 Å². The average Bonchev–Trinajstić information content (AvgIpc) is 3.28. The summed E-state index contributed by atoms with van der Waals surface area (Å²) in [6.07, 6.45) is -0.228. The molecule has 178 valence electrons. The summed E-state index contributed by atoms with van der Waals surface area (Å²) in [5.41, 5.74) is 3.71. The zero-order valence-corrected chi connectivity index (χ0v) is 19.6. The van der Waals surface area contributed by atoms with E-state index in [1.165, 1.54) is 12.1 Å². The topological polar surface area (TPSA) is 54.3 Å². The van der Waals surface area contributed by atoms with E-state index in [4.69, 9.17) is 21.2 Å². The highest BCUT2D eigenvalue weighted by molar-refractivity contribution is 6.30. The van der Waals surface area contributed by atoms with E-state index >= 15 is 0 Å². The third-order valence-corrected chi connectivity index (χ3v) is 5.81. The standard InChI is InChI=1S/C27H28ClFN2O3/c28-23-11-9-22(10-12-23)27-14-26(34-30-27)17-31(15-21-7-4-8-24(29)13-21)16-25(32)19-33-18-20-5-2-1-3-6-20/h1-13,25-26,32H,14-19H2/t25-,26-/m0/s1. The molecule has 1 heterocycles. The van der Waals surface area contributed by atoms with Crippen LogP contribution < -0.4 is 0 Å². The molecular weight excluding hydrogens is 455 g/mol. The lowest BCUT2D eigenvalue weighted by Crippen LogP contribution is -2.39. The van der Waals surface area contributed by atoms with Gasteiger partial charge in [0.1, 0.15) is 11.9 Å². The number of nitrogens with zero attached hydrogens (tertiary/aromatic N) is 2. The molecule has 0 aromatic heterocycles. The fourth-order valence-corrected chi connectivity index (χ4v) is 4.09. The number of ether oxygens (including phenoxy) is 1. The molecule has 0 unspecified atom stereocenters. The maximum Gasteiger partial charge on any atom is 0.145 e. The Balaban J connectivity index is 1.34. The predicted octanol–water partition coefficient (Wildman–Crippen LogP) is 5.05. The van der Waals surface area contributed by atoms with Gasteiger partial charge in [0.25, 0.3) is 0 Å². The lowest BCUT2D eigenvalue weighted by Gasteiger charge is -2.27. The molecule has 0 spiro atoms. The van der Waals surface area contributed by atoms with Crippen LogP contribution in [-0.4, -0.2) is 47.6 Å². The summed E-state index contributed by atoms with van der Waals surface area (Å²) >= 11 is 5.98. The smallest absolute Gasteiger partial charge is 0.145 e. The maximum atomic E-state index is 13.7. The van der Waals surface area contributed by atoms with Gasteiger partial charge in [-0.2, -0.15) is 0 Å². The van der Waals surface area contributed by atoms with Gasteiger partial charge in [-0.15, -0.1) is 0 Å². The molecule has 1 N–H and O–H groups in total. The molecule has 7 heteroatoms. The van der Waals surface area contributed by atoms with Crippen LogP contribution in [0.25, 0.3) is 0 Å². The minimum absolute atomic E-state index is 0.170. The Bertz CT molecular complexity index is 1080. The SMILES string of the molecule is O[C@H](COCc1ccccc1)CN(Cc1cccc(F)c1)C[C@@H]1CC(c2ccc(Cl)cc2)=NO1. The molecule has 5 nitrogen and oxygen atoms in total. The first-order valence-corrected chi connectivity index (χ1v) is 11.7. The zero-order chi connectivity index (χ0) is 23.8. The monoisotopic (exact) mass is 482 g/mol. The van der Waals surface area contributed by atoms with E-state index in [1.807, 2.05) is 60.7 Å². The molecule has 0 radical (unpaired) electrons. The number of aliphatic hydroxyl groups excluding tert-OH is 1. The van der Waals surface area contributed by atoms with Crippen molar-refractivity contribution in [1.29, 1.82) is 0 Å². The lowest BCUT2D eigenvalue weighted by atomic mass is 10.0. The van der Waals surface area contributed by atoms with Gasteiger partial charge in [-0.25, -0.2) is 4.39 Å². The summed E-state index contributed by atoms with van der Waals surface area (Å²) in [7, 11) is 0. The molecule has 3 aromatic carbocycles. The van der Waals surface area contributed by atoms with E-state index in [0.29, 0.717) is 37.7 Å². The van der Waals surface area contributed by atoms with Gasteiger partial charge in [0.15, 0.2) is 0 Å². The number of aliphatic hydroxyl groups is 1. The molecule has 1 aliphatic rings. The van der Waals surface area contributed by atoms with E-state index in [1.54, 1.807) is 6.07 Å². The highest BCUT2D eigenvalue weighted by Gasteiger charge is 2.26. The van der Waals surface area contributed by atoms with Gasteiger partial charge in [0, 0.05) is 31.1 Å². The van der Waals surface area contributed by atoms with E-state index in [-0.39, 0.29) is 18.5 Å². The van der Waals surface area contributed by atoms with Gasteiger partial charge in [0.2, 0.25) is 0 Å². The van der Waals surface area contributed by atoms with Gasteiger partial charge in [-0.1, -0.05) is 71.4 Å². The van der Waals surface area contributed by atoms with Crippen molar-refractivity contribution in [2.24, 2.45) is 5.16 Å². The average molecular weight is 483 g/mol. The molecule has 3 aromatic rings. The van der Waals surface area contributed by atoms with Gasteiger partial charge < -0.3 is 14.7 Å². The van der Waals surface area contributed by atoms with Crippen LogP contribution in [0.2, 0.25) is 5.02 Å². The summed E-state index contributed by atoms with van der Waals surface area (Å²) in [5.74, 6) is -0.283. The summed E-state index contributed by atoms with van der Waals surface area (Å²) < 4.78 is 19.4. The van der Waals surface area contributed by atoms with E-state index in [0.717, 1.165) is 22.4 Å². The maximum absolute atomic E-state index is 13.7. The van der Waals surface area contributed by atoms with Crippen LogP contribution in [0.4, 0.5) is 4.39 Å². The molecule has 0 saturated heterocycles. The molecule has 4 rings (SSSR count). The fraction of sp³-hybridized carbons (Fsp3) is 0.296. The first-order valence-electron chi connectivity index (χ1n) is 11.3. The van der Waals surface area contributed by atoms with E-state index < -0.39 is 6.10 Å². The molecular formula is C27H28ClFN2O3. The highest BCUT2D eigenvalue weighted by atomic mass is 35.5. The van der Waals surface area contributed by atoms with Gasteiger partial charge in [0.05, 0.1) is 25.0 Å². The van der Waals surface area contributed by atoms with Crippen molar-refractivity contribution >= 4 is 17.3 Å². The second kappa shape index (κ2) is 12.1. The van der Waals surface area contributed by atoms with Crippen molar-refractivity contribution in [3.63, 3.8) is 0 Å². The molecule has 0 saturated carbocycles. The highest BCUT2D eigenvalue weighted by Crippen LogP contribution is 2.20. The third kappa shape index (κ3) is 7.37. The minimum atomic E-state index is -0.699. The molecule has 0 amide bonds. The fourth-order valence-electron chi connectivity index (χ4n) is 3.96. The first kappa shape index (κ1) is 24.4. The summed E-state index contributed by atoms with van der Waals surface area (Å²) in [6, 6.07) is 23.8.